The van der Waals surface area contributed by atoms with E-state index in [1.54, 1.807) is 0 Å². The van der Waals surface area contributed by atoms with Gasteiger partial charge in [0.25, 0.3) is 0 Å². The van der Waals surface area contributed by atoms with Crippen LogP contribution in [0.3, 0.4) is 0 Å². The quantitative estimate of drug-likeness (QED) is 0.466. The van der Waals surface area contributed by atoms with Crippen LogP contribution in [0, 0.1) is 0 Å². The van der Waals surface area contributed by atoms with E-state index in [-0.39, 0.29) is 0 Å². The topological polar surface area (TPSA) is 28.7 Å². The van der Waals surface area contributed by atoms with E-state index in [0.717, 1.165) is 42.3 Å². The molecule has 2 nitrogen and oxygen atoms in total. The minimum absolute atomic E-state index is 0.750. The number of fused-ring (bicyclic) bond motifs is 4. The standard InChI is InChI=1S/C15H8BrClN2/c16-9-4-5-12-8(6-9)7-10-14-11(17)2-1-3-13(14)19-15(10)18-12/h1-7H,(H,18,19). The zero-order valence-electron chi connectivity index (χ0n) is 9.74. The SMILES string of the molecule is Clc1cccc2[nH]c3nc4ccc(Br)cc4cc3c12. The van der Waals surface area contributed by atoms with Gasteiger partial charge >= 0.3 is 0 Å². The summed E-state index contributed by atoms with van der Waals surface area (Å²) in [6, 6.07) is 14.1. The zero-order chi connectivity index (χ0) is 13.0. The van der Waals surface area contributed by atoms with Crippen molar-refractivity contribution in [3.63, 3.8) is 0 Å². The fourth-order valence-corrected chi connectivity index (χ4v) is 3.12. The molecule has 2 aromatic heterocycles. The van der Waals surface area contributed by atoms with Crippen LogP contribution in [0.1, 0.15) is 0 Å². The molecule has 0 spiro atoms. The third kappa shape index (κ3) is 1.66. The minimum atomic E-state index is 0.750. The predicted octanol–water partition coefficient (Wildman–Crippen LogP) is 5.29. The first-order chi connectivity index (χ1) is 9.22. The van der Waals surface area contributed by atoms with E-state index in [0.29, 0.717) is 0 Å². The molecule has 0 fully saturated rings. The summed E-state index contributed by atoms with van der Waals surface area (Å²) >= 11 is 9.79. The Balaban J connectivity index is 2.25. The van der Waals surface area contributed by atoms with Gasteiger partial charge in [0.05, 0.1) is 10.5 Å². The smallest absolute Gasteiger partial charge is 0.139 e. The van der Waals surface area contributed by atoms with Gasteiger partial charge in [-0.2, -0.15) is 0 Å². The Morgan fingerprint density at radius 2 is 2.00 bits per heavy atom. The van der Waals surface area contributed by atoms with Crippen LogP contribution in [-0.4, -0.2) is 9.97 Å². The first kappa shape index (κ1) is 11.3. The van der Waals surface area contributed by atoms with E-state index in [4.69, 9.17) is 11.6 Å². The van der Waals surface area contributed by atoms with Crippen molar-refractivity contribution in [3.05, 3.63) is 52.0 Å². The highest BCUT2D eigenvalue weighted by atomic mass is 79.9. The van der Waals surface area contributed by atoms with Gasteiger partial charge in [0, 0.05) is 26.1 Å². The molecule has 1 N–H and O–H groups in total. The monoisotopic (exact) mass is 330 g/mol. The fourth-order valence-electron chi connectivity index (χ4n) is 2.46. The van der Waals surface area contributed by atoms with Crippen molar-refractivity contribution in [1.82, 2.24) is 9.97 Å². The summed E-state index contributed by atoms with van der Waals surface area (Å²) in [4.78, 5) is 7.98. The average Bonchev–Trinajstić information content (AvgIpc) is 2.74. The number of rotatable bonds is 0. The van der Waals surface area contributed by atoms with E-state index in [1.165, 1.54) is 0 Å². The number of hydrogen-bond acceptors (Lipinski definition) is 1. The van der Waals surface area contributed by atoms with E-state index in [2.05, 4.69) is 38.0 Å². The average molecular weight is 332 g/mol. The Morgan fingerprint density at radius 3 is 2.89 bits per heavy atom. The summed E-state index contributed by atoms with van der Waals surface area (Å²) < 4.78 is 1.05. The van der Waals surface area contributed by atoms with Crippen LogP contribution < -0.4 is 0 Å². The molecule has 0 bridgehead atoms. The lowest BCUT2D eigenvalue weighted by Gasteiger charge is -1.99. The second-order valence-corrected chi connectivity index (χ2v) is 5.83. The molecule has 0 unspecified atom stereocenters. The Bertz CT molecular complexity index is 943. The van der Waals surface area contributed by atoms with Gasteiger partial charge in [0.2, 0.25) is 0 Å². The fraction of sp³-hybridized carbons (Fsp3) is 0. The van der Waals surface area contributed by atoms with E-state index < -0.39 is 0 Å². The molecular weight excluding hydrogens is 324 g/mol. The van der Waals surface area contributed by atoms with Crippen LogP contribution in [0.25, 0.3) is 32.8 Å². The normalized spacial score (nSPS) is 11.7. The van der Waals surface area contributed by atoms with Crippen LogP contribution in [0.2, 0.25) is 5.02 Å². The highest BCUT2D eigenvalue weighted by Crippen LogP contribution is 2.32. The maximum Gasteiger partial charge on any atom is 0.139 e. The van der Waals surface area contributed by atoms with Crippen molar-refractivity contribution in [2.75, 3.05) is 0 Å². The minimum Gasteiger partial charge on any atom is -0.339 e. The highest BCUT2D eigenvalue weighted by Gasteiger charge is 2.09. The van der Waals surface area contributed by atoms with Crippen molar-refractivity contribution in [2.24, 2.45) is 0 Å². The van der Waals surface area contributed by atoms with Crippen LogP contribution in [-0.2, 0) is 0 Å². The van der Waals surface area contributed by atoms with E-state index in [1.807, 2.05) is 30.3 Å². The third-order valence-corrected chi connectivity index (χ3v) is 4.12. The van der Waals surface area contributed by atoms with Crippen molar-refractivity contribution >= 4 is 60.4 Å². The van der Waals surface area contributed by atoms with Gasteiger partial charge in [-0.1, -0.05) is 33.6 Å². The number of nitrogens with one attached hydrogen (secondary N) is 1. The van der Waals surface area contributed by atoms with Crippen LogP contribution in [0.4, 0.5) is 0 Å². The van der Waals surface area contributed by atoms with Gasteiger partial charge in [0.1, 0.15) is 5.65 Å². The van der Waals surface area contributed by atoms with E-state index >= 15 is 0 Å². The number of aromatic nitrogens is 2. The molecule has 0 aliphatic heterocycles. The summed E-state index contributed by atoms with van der Waals surface area (Å²) in [5.74, 6) is 0. The third-order valence-electron chi connectivity index (χ3n) is 3.31. The molecular formula is C15H8BrClN2. The number of H-pyrrole nitrogens is 1. The molecule has 0 amide bonds. The zero-order valence-corrected chi connectivity index (χ0v) is 12.1. The molecule has 19 heavy (non-hydrogen) atoms. The maximum absolute atomic E-state index is 6.30. The molecule has 0 atom stereocenters. The summed E-state index contributed by atoms with van der Waals surface area (Å²) in [6.07, 6.45) is 0. The molecule has 0 aliphatic rings. The summed E-state index contributed by atoms with van der Waals surface area (Å²) in [6.45, 7) is 0. The van der Waals surface area contributed by atoms with Gasteiger partial charge in [-0.3, -0.25) is 0 Å². The van der Waals surface area contributed by atoms with Gasteiger partial charge in [-0.05, 0) is 36.4 Å². The van der Waals surface area contributed by atoms with Gasteiger partial charge in [-0.15, -0.1) is 0 Å². The molecule has 0 radical (unpaired) electrons. The molecule has 2 heterocycles. The molecule has 4 aromatic rings. The Labute approximate surface area is 122 Å². The summed E-state index contributed by atoms with van der Waals surface area (Å²) in [7, 11) is 0. The van der Waals surface area contributed by atoms with Crippen molar-refractivity contribution in [2.45, 2.75) is 0 Å². The molecule has 2 aromatic carbocycles. The Kier molecular flexibility index (Phi) is 2.34. The predicted molar refractivity (Wildman–Crippen MR) is 83.8 cm³/mol. The largest absolute Gasteiger partial charge is 0.339 e. The number of aromatic amines is 1. The van der Waals surface area contributed by atoms with Crippen molar-refractivity contribution in [3.8, 4) is 0 Å². The number of benzene rings is 2. The molecule has 0 aliphatic carbocycles. The number of pyridine rings is 1. The second kappa shape index (κ2) is 3.95. The van der Waals surface area contributed by atoms with Crippen LogP contribution in [0.5, 0.6) is 0 Å². The van der Waals surface area contributed by atoms with Crippen LogP contribution in [0.15, 0.2) is 46.9 Å². The second-order valence-electron chi connectivity index (χ2n) is 4.51. The highest BCUT2D eigenvalue weighted by molar-refractivity contribution is 9.10. The first-order valence-corrected chi connectivity index (χ1v) is 7.06. The van der Waals surface area contributed by atoms with Gasteiger partial charge < -0.3 is 4.98 Å². The lowest BCUT2D eigenvalue weighted by molar-refractivity contribution is 1.40. The summed E-state index contributed by atoms with van der Waals surface area (Å²) in [5.41, 5.74) is 2.86. The number of nitrogens with zero attached hydrogens (tertiary/aromatic N) is 1. The Morgan fingerprint density at radius 1 is 1.11 bits per heavy atom. The van der Waals surface area contributed by atoms with Crippen molar-refractivity contribution < 1.29 is 0 Å². The first-order valence-electron chi connectivity index (χ1n) is 5.88. The lowest BCUT2D eigenvalue weighted by Crippen LogP contribution is -1.80. The molecule has 0 saturated carbocycles. The van der Waals surface area contributed by atoms with Gasteiger partial charge in [-0.25, -0.2) is 4.98 Å². The van der Waals surface area contributed by atoms with E-state index in [9.17, 15) is 0 Å². The molecule has 4 rings (SSSR count). The molecule has 0 saturated heterocycles. The summed E-state index contributed by atoms with van der Waals surface area (Å²) in [5, 5.41) is 3.95. The van der Waals surface area contributed by atoms with Crippen molar-refractivity contribution in [1.29, 1.82) is 0 Å². The maximum atomic E-state index is 6.30. The lowest BCUT2D eigenvalue weighted by atomic mass is 10.1. The van der Waals surface area contributed by atoms with Gasteiger partial charge in [0.15, 0.2) is 0 Å². The molecule has 4 heteroatoms. The number of halogens is 2. The van der Waals surface area contributed by atoms with Crippen LogP contribution >= 0.6 is 27.5 Å². The number of hydrogen-bond donors (Lipinski definition) is 1. The molecule has 92 valence electrons. The Hall–Kier alpha value is -1.58.